The molecule has 0 radical (unpaired) electrons. The number of ether oxygens (including phenoxy) is 1. The van der Waals surface area contributed by atoms with Gasteiger partial charge in [-0.2, -0.15) is 0 Å². The largest absolute Gasteiger partial charge is 0.389 e. The van der Waals surface area contributed by atoms with Crippen LogP contribution < -0.4 is 0 Å². The number of aliphatic hydroxyl groups is 1. The number of rotatable bonds is 6. The van der Waals surface area contributed by atoms with E-state index in [4.69, 9.17) is 4.74 Å². The minimum absolute atomic E-state index is 0.349. The zero-order valence-corrected chi connectivity index (χ0v) is 10.1. The molecule has 4 heteroatoms. The van der Waals surface area contributed by atoms with E-state index in [9.17, 15) is 5.11 Å². The Hall–Kier alpha value is -0.160. The Bertz CT molecular complexity index is 176. The Balaban J connectivity index is 2.32. The Morgan fingerprint density at radius 1 is 1.53 bits per heavy atom. The van der Waals surface area contributed by atoms with Crippen molar-refractivity contribution >= 4 is 0 Å². The SMILES string of the molecule is COCC(O)CN1CCCC1CN(C)C. The van der Waals surface area contributed by atoms with Gasteiger partial charge in [-0.1, -0.05) is 0 Å². The van der Waals surface area contributed by atoms with Crippen molar-refractivity contribution in [1.82, 2.24) is 9.80 Å². The van der Waals surface area contributed by atoms with Gasteiger partial charge >= 0.3 is 0 Å². The molecule has 2 atom stereocenters. The van der Waals surface area contributed by atoms with Crippen LogP contribution in [0.2, 0.25) is 0 Å². The van der Waals surface area contributed by atoms with Crippen LogP contribution in [0, 0.1) is 0 Å². The third-order valence-corrected chi connectivity index (χ3v) is 2.88. The van der Waals surface area contributed by atoms with E-state index < -0.39 is 0 Å². The van der Waals surface area contributed by atoms with Crippen LogP contribution in [0.4, 0.5) is 0 Å². The molecule has 0 amide bonds. The summed E-state index contributed by atoms with van der Waals surface area (Å²) in [6.07, 6.45) is 2.15. The first-order valence-corrected chi connectivity index (χ1v) is 5.69. The predicted molar refractivity (Wildman–Crippen MR) is 61.0 cm³/mol. The van der Waals surface area contributed by atoms with Crippen molar-refractivity contribution < 1.29 is 9.84 Å². The van der Waals surface area contributed by atoms with Crippen LogP contribution in [-0.4, -0.2) is 74.5 Å². The monoisotopic (exact) mass is 216 g/mol. The fourth-order valence-electron chi connectivity index (χ4n) is 2.28. The third-order valence-electron chi connectivity index (χ3n) is 2.88. The fourth-order valence-corrected chi connectivity index (χ4v) is 2.28. The van der Waals surface area contributed by atoms with E-state index in [0.717, 1.165) is 19.6 Å². The van der Waals surface area contributed by atoms with Crippen molar-refractivity contribution in [3.05, 3.63) is 0 Å². The lowest BCUT2D eigenvalue weighted by molar-refractivity contribution is 0.0324. The van der Waals surface area contributed by atoms with Crippen molar-refractivity contribution in [2.24, 2.45) is 0 Å². The second-order valence-corrected chi connectivity index (χ2v) is 4.66. The standard InChI is InChI=1S/C11H24N2O2/c1-12(2)7-10-5-4-6-13(10)8-11(14)9-15-3/h10-11,14H,4-9H2,1-3H3. The van der Waals surface area contributed by atoms with Crippen molar-refractivity contribution in [3.8, 4) is 0 Å². The Morgan fingerprint density at radius 3 is 2.87 bits per heavy atom. The molecule has 90 valence electrons. The first-order chi connectivity index (χ1) is 7.13. The summed E-state index contributed by atoms with van der Waals surface area (Å²) in [5.74, 6) is 0. The first kappa shape index (κ1) is 12.9. The number of nitrogens with zero attached hydrogens (tertiary/aromatic N) is 2. The Morgan fingerprint density at radius 2 is 2.27 bits per heavy atom. The van der Waals surface area contributed by atoms with Crippen LogP contribution in [0.3, 0.4) is 0 Å². The summed E-state index contributed by atoms with van der Waals surface area (Å²) in [5, 5.41) is 9.68. The summed E-state index contributed by atoms with van der Waals surface area (Å²) >= 11 is 0. The van der Waals surface area contributed by atoms with Gasteiger partial charge < -0.3 is 14.7 Å². The molecule has 1 rings (SSSR count). The highest BCUT2D eigenvalue weighted by atomic mass is 16.5. The minimum Gasteiger partial charge on any atom is -0.389 e. The lowest BCUT2D eigenvalue weighted by atomic mass is 10.2. The van der Waals surface area contributed by atoms with Crippen molar-refractivity contribution in [3.63, 3.8) is 0 Å². The van der Waals surface area contributed by atoms with Gasteiger partial charge in [-0.25, -0.2) is 0 Å². The molecular weight excluding hydrogens is 192 g/mol. The van der Waals surface area contributed by atoms with Gasteiger partial charge in [-0.15, -0.1) is 0 Å². The summed E-state index contributed by atoms with van der Waals surface area (Å²) in [5.41, 5.74) is 0. The smallest absolute Gasteiger partial charge is 0.0900 e. The predicted octanol–water partition coefficient (Wildman–Crippen LogP) is 0.0197. The maximum Gasteiger partial charge on any atom is 0.0900 e. The van der Waals surface area contributed by atoms with Crippen LogP contribution in [0.5, 0.6) is 0 Å². The molecule has 2 unspecified atom stereocenters. The quantitative estimate of drug-likeness (QED) is 0.679. The normalized spacial score (nSPS) is 25.0. The molecule has 0 saturated carbocycles. The molecule has 0 bridgehead atoms. The number of methoxy groups -OCH3 is 1. The van der Waals surface area contributed by atoms with E-state index in [1.807, 2.05) is 0 Å². The highest BCUT2D eigenvalue weighted by molar-refractivity contribution is 4.82. The molecule has 0 aromatic heterocycles. The Labute approximate surface area is 92.8 Å². The lowest BCUT2D eigenvalue weighted by Crippen LogP contribution is -2.42. The molecule has 0 aromatic carbocycles. The van der Waals surface area contributed by atoms with E-state index in [0.29, 0.717) is 12.6 Å². The molecule has 1 aliphatic heterocycles. The van der Waals surface area contributed by atoms with Crippen LogP contribution in [0.15, 0.2) is 0 Å². The minimum atomic E-state index is -0.349. The average molecular weight is 216 g/mol. The molecule has 4 nitrogen and oxygen atoms in total. The van der Waals surface area contributed by atoms with Gasteiger partial charge in [0, 0.05) is 26.2 Å². The number of hydrogen-bond acceptors (Lipinski definition) is 4. The van der Waals surface area contributed by atoms with E-state index in [-0.39, 0.29) is 6.10 Å². The van der Waals surface area contributed by atoms with Gasteiger partial charge in [0.2, 0.25) is 0 Å². The molecule has 0 spiro atoms. The topological polar surface area (TPSA) is 35.9 Å². The van der Waals surface area contributed by atoms with Gasteiger partial charge in [0.15, 0.2) is 0 Å². The zero-order valence-electron chi connectivity index (χ0n) is 10.1. The maximum absolute atomic E-state index is 9.68. The number of likely N-dealkylation sites (N-methyl/N-ethyl adjacent to an activating group) is 1. The molecule has 1 aliphatic rings. The summed E-state index contributed by atoms with van der Waals surface area (Å²) in [6, 6.07) is 0.603. The number of aliphatic hydroxyl groups excluding tert-OH is 1. The Kier molecular flexibility index (Phi) is 5.53. The van der Waals surface area contributed by atoms with E-state index in [1.165, 1.54) is 12.8 Å². The molecule has 1 heterocycles. The number of β-amino-alcohol motifs (C(OH)–C–C–N with tert-alkyl or cyclic N) is 1. The molecule has 0 aromatic rings. The molecule has 1 N–H and O–H groups in total. The van der Waals surface area contributed by atoms with Crippen molar-refractivity contribution in [2.45, 2.75) is 25.0 Å². The van der Waals surface area contributed by atoms with E-state index in [1.54, 1.807) is 7.11 Å². The van der Waals surface area contributed by atoms with Gasteiger partial charge in [0.25, 0.3) is 0 Å². The number of hydrogen-bond donors (Lipinski definition) is 1. The second kappa shape index (κ2) is 6.43. The van der Waals surface area contributed by atoms with Gasteiger partial charge in [-0.3, -0.25) is 4.90 Å². The summed E-state index contributed by atoms with van der Waals surface area (Å²) in [6.45, 7) is 3.37. The third kappa shape index (κ3) is 4.47. The highest BCUT2D eigenvalue weighted by Gasteiger charge is 2.26. The van der Waals surface area contributed by atoms with E-state index >= 15 is 0 Å². The average Bonchev–Trinajstić information content (AvgIpc) is 2.52. The van der Waals surface area contributed by atoms with Gasteiger partial charge in [0.1, 0.15) is 0 Å². The second-order valence-electron chi connectivity index (χ2n) is 4.66. The zero-order chi connectivity index (χ0) is 11.3. The number of likely N-dealkylation sites (tertiary alicyclic amines) is 1. The summed E-state index contributed by atoms with van der Waals surface area (Å²) in [7, 11) is 5.83. The molecule has 1 fully saturated rings. The van der Waals surface area contributed by atoms with E-state index in [2.05, 4.69) is 23.9 Å². The summed E-state index contributed by atoms with van der Waals surface area (Å²) in [4.78, 5) is 4.59. The van der Waals surface area contributed by atoms with Crippen LogP contribution in [-0.2, 0) is 4.74 Å². The van der Waals surface area contributed by atoms with Crippen LogP contribution in [0.1, 0.15) is 12.8 Å². The van der Waals surface area contributed by atoms with Gasteiger partial charge in [-0.05, 0) is 33.5 Å². The van der Waals surface area contributed by atoms with Crippen molar-refractivity contribution in [2.75, 3.05) is 47.4 Å². The molecular formula is C11H24N2O2. The summed E-state index contributed by atoms with van der Waals surface area (Å²) < 4.78 is 4.94. The van der Waals surface area contributed by atoms with Crippen LogP contribution in [0.25, 0.3) is 0 Å². The molecule has 15 heavy (non-hydrogen) atoms. The molecule has 0 aliphatic carbocycles. The van der Waals surface area contributed by atoms with Gasteiger partial charge in [0.05, 0.1) is 12.7 Å². The first-order valence-electron chi connectivity index (χ1n) is 5.69. The lowest BCUT2D eigenvalue weighted by Gasteiger charge is -2.28. The van der Waals surface area contributed by atoms with Crippen LogP contribution >= 0.6 is 0 Å². The molecule has 1 saturated heterocycles. The fraction of sp³-hybridized carbons (Fsp3) is 1.00. The maximum atomic E-state index is 9.68. The van der Waals surface area contributed by atoms with Crippen molar-refractivity contribution in [1.29, 1.82) is 0 Å². The highest BCUT2D eigenvalue weighted by Crippen LogP contribution is 2.17.